The fraction of sp³-hybridized carbons (Fsp3) is 0.433. The lowest BCUT2D eigenvalue weighted by Crippen LogP contribution is -2.51. The highest BCUT2D eigenvalue weighted by molar-refractivity contribution is 7.99. The van der Waals surface area contributed by atoms with Crippen LogP contribution in [0.25, 0.3) is 0 Å². The summed E-state index contributed by atoms with van der Waals surface area (Å²) in [6.45, 7) is 4.25. The van der Waals surface area contributed by atoms with Gasteiger partial charge in [-0.3, -0.25) is 0 Å². The molecule has 0 radical (unpaired) electrons. The summed E-state index contributed by atoms with van der Waals surface area (Å²) in [6, 6.07) is 17.1. The van der Waals surface area contributed by atoms with Crippen molar-refractivity contribution in [1.29, 1.82) is 0 Å². The molecular weight excluding hydrogens is 544 g/mol. The number of aryl methyl sites for hydroxylation is 1. The number of hydrogen-bond donors (Lipinski definition) is 2. The molecule has 3 aliphatic rings. The van der Waals surface area contributed by atoms with E-state index in [1.54, 1.807) is 24.0 Å². The Morgan fingerprint density at radius 1 is 1.10 bits per heavy atom. The summed E-state index contributed by atoms with van der Waals surface area (Å²) in [5, 5.41) is 3.29. The molecule has 1 aromatic heterocycles. The third kappa shape index (κ3) is 5.81. The molecule has 1 saturated heterocycles. The summed E-state index contributed by atoms with van der Waals surface area (Å²) in [5.41, 5.74) is 1.28. The van der Waals surface area contributed by atoms with Crippen LogP contribution in [0, 0.1) is 6.92 Å². The minimum absolute atomic E-state index is 0.0421. The Balaban J connectivity index is 1.19. The Bertz CT molecular complexity index is 1470. The highest BCUT2D eigenvalue weighted by atomic mass is 32.2. The van der Waals surface area contributed by atoms with Crippen LogP contribution in [0.1, 0.15) is 42.9 Å². The van der Waals surface area contributed by atoms with Crippen molar-refractivity contribution in [2.24, 2.45) is 0 Å². The average molecular weight is 581 g/mol. The van der Waals surface area contributed by atoms with Crippen LogP contribution in [0.3, 0.4) is 0 Å². The number of hydrogen-bond acceptors (Lipinski definition) is 8. The van der Waals surface area contributed by atoms with Gasteiger partial charge in [0.05, 0.1) is 6.04 Å². The first-order valence-electron chi connectivity index (χ1n) is 13.9. The van der Waals surface area contributed by atoms with Gasteiger partial charge in [0.1, 0.15) is 33.9 Å². The second kappa shape index (κ2) is 11.2. The summed E-state index contributed by atoms with van der Waals surface area (Å²) in [5.74, 6) is 2.88. The van der Waals surface area contributed by atoms with Crippen molar-refractivity contribution in [3.05, 3.63) is 71.9 Å². The van der Waals surface area contributed by atoms with Gasteiger partial charge < -0.3 is 19.7 Å². The molecule has 3 aliphatic heterocycles. The first kappa shape index (κ1) is 27.4. The highest BCUT2D eigenvalue weighted by Gasteiger charge is 2.44. The van der Waals surface area contributed by atoms with Crippen LogP contribution in [-0.2, 0) is 10.0 Å². The van der Waals surface area contributed by atoms with Gasteiger partial charge in [-0.1, -0.05) is 30.3 Å². The topological polar surface area (TPSA) is 92.8 Å². The van der Waals surface area contributed by atoms with E-state index in [-0.39, 0.29) is 22.6 Å². The maximum Gasteiger partial charge on any atom is 0.244 e. The van der Waals surface area contributed by atoms with E-state index in [4.69, 9.17) is 9.47 Å². The van der Waals surface area contributed by atoms with E-state index in [0.29, 0.717) is 18.8 Å². The van der Waals surface area contributed by atoms with E-state index < -0.39 is 10.0 Å². The summed E-state index contributed by atoms with van der Waals surface area (Å²) in [7, 11) is -1.78. The number of aromatic nitrogens is 1. The van der Waals surface area contributed by atoms with Crippen molar-refractivity contribution in [1.82, 2.24) is 14.6 Å². The standard InChI is InChI=1S/C30H36N4O4S2/c1-21-17-28(29(32-19-21)31-14-11-22-20-39-27-10-6-5-9-26(27)37-22)40(35,36)33-24-18-30(12-15-34(2)16-13-30)38-25-8-4-3-7-23(24)25/h3-10,17,19,22,24,33H,11-16,18,20H2,1-2H3,(H,31,32). The third-order valence-electron chi connectivity index (χ3n) is 8.00. The molecule has 40 heavy (non-hydrogen) atoms. The minimum Gasteiger partial charge on any atom is -0.488 e. The number of ether oxygens (including phenoxy) is 2. The molecule has 0 amide bonds. The molecule has 4 heterocycles. The van der Waals surface area contributed by atoms with Gasteiger partial charge in [-0.25, -0.2) is 18.1 Å². The SMILES string of the molecule is Cc1cnc(NCCC2CSc3ccccc3O2)c(S(=O)(=O)NC2CC3(CCN(C)CC3)Oc3ccccc32)c1. The number of nitrogens with zero attached hydrogens (tertiary/aromatic N) is 2. The number of likely N-dealkylation sites (tertiary alicyclic amines) is 1. The molecule has 10 heteroatoms. The van der Waals surface area contributed by atoms with Gasteiger partial charge in [0.2, 0.25) is 10.0 Å². The Labute approximate surface area is 240 Å². The number of sulfonamides is 1. The van der Waals surface area contributed by atoms with Crippen LogP contribution < -0.4 is 19.5 Å². The van der Waals surface area contributed by atoms with Crippen molar-refractivity contribution in [2.75, 3.05) is 37.8 Å². The molecule has 8 nitrogen and oxygen atoms in total. The van der Waals surface area contributed by atoms with Gasteiger partial charge in [0.15, 0.2) is 0 Å². The van der Waals surface area contributed by atoms with Crippen LogP contribution in [0.15, 0.2) is 70.6 Å². The number of anilines is 1. The lowest BCUT2D eigenvalue weighted by atomic mass is 9.81. The lowest BCUT2D eigenvalue weighted by molar-refractivity contribution is -0.0179. The van der Waals surface area contributed by atoms with Crippen LogP contribution in [-0.4, -0.2) is 62.4 Å². The van der Waals surface area contributed by atoms with Gasteiger partial charge in [-0.2, -0.15) is 0 Å². The normalized spacial score (nSPS) is 22.1. The number of nitrogens with one attached hydrogen (secondary N) is 2. The maximum atomic E-state index is 13.9. The first-order valence-corrected chi connectivity index (χ1v) is 16.3. The highest BCUT2D eigenvalue weighted by Crippen LogP contribution is 2.45. The fourth-order valence-corrected chi connectivity index (χ4v) is 8.21. The molecule has 2 aromatic carbocycles. The molecule has 212 valence electrons. The summed E-state index contributed by atoms with van der Waals surface area (Å²) in [6.07, 6.45) is 4.79. The first-order chi connectivity index (χ1) is 19.3. The molecule has 0 aliphatic carbocycles. The monoisotopic (exact) mass is 580 g/mol. The van der Waals surface area contributed by atoms with Crippen molar-refractivity contribution in [3.63, 3.8) is 0 Å². The van der Waals surface area contributed by atoms with Gasteiger partial charge in [0, 0.05) is 54.9 Å². The predicted octanol–water partition coefficient (Wildman–Crippen LogP) is 5.01. The average Bonchev–Trinajstić information content (AvgIpc) is 2.95. The molecule has 1 spiro atoms. The van der Waals surface area contributed by atoms with Crippen LogP contribution in [0.2, 0.25) is 0 Å². The van der Waals surface area contributed by atoms with Crippen LogP contribution in [0.4, 0.5) is 5.82 Å². The molecule has 2 N–H and O–H groups in total. The van der Waals surface area contributed by atoms with E-state index in [1.807, 2.05) is 49.4 Å². The Morgan fingerprint density at radius 2 is 1.85 bits per heavy atom. The predicted molar refractivity (Wildman–Crippen MR) is 158 cm³/mol. The number of benzene rings is 2. The fourth-order valence-electron chi connectivity index (χ4n) is 5.74. The Hall–Kier alpha value is -2.79. The van der Waals surface area contributed by atoms with Gasteiger partial charge in [-0.05, 0) is 56.6 Å². The van der Waals surface area contributed by atoms with Crippen LogP contribution in [0.5, 0.6) is 11.5 Å². The van der Waals surface area contributed by atoms with E-state index in [0.717, 1.165) is 65.6 Å². The molecular formula is C30H36N4O4S2. The number of thioether (sulfide) groups is 1. The summed E-state index contributed by atoms with van der Waals surface area (Å²) in [4.78, 5) is 8.10. The molecule has 2 atom stereocenters. The molecule has 6 rings (SSSR count). The summed E-state index contributed by atoms with van der Waals surface area (Å²) < 4.78 is 43.6. The maximum absolute atomic E-state index is 13.9. The number of para-hydroxylation sites is 2. The summed E-state index contributed by atoms with van der Waals surface area (Å²) >= 11 is 1.79. The van der Waals surface area contributed by atoms with Gasteiger partial charge >= 0.3 is 0 Å². The second-order valence-corrected chi connectivity index (χ2v) is 13.8. The van der Waals surface area contributed by atoms with Crippen molar-refractivity contribution < 1.29 is 17.9 Å². The number of rotatable bonds is 7. The molecule has 0 bridgehead atoms. The van der Waals surface area contributed by atoms with Crippen molar-refractivity contribution in [2.45, 2.75) is 60.1 Å². The largest absolute Gasteiger partial charge is 0.488 e. The zero-order valence-corrected chi connectivity index (χ0v) is 24.6. The molecule has 0 saturated carbocycles. The molecule has 2 unspecified atom stereocenters. The molecule has 3 aromatic rings. The smallest absolute Gasteiger partial charge is 0.244 e. The van der Waals surface area contributed by atoms with Crippen molar-refractivity contribution in [3.8, 4) is 11.5 Å². The van der Waals surface area contributed by atoms with Gasteiger partial charge in [0.25, 0.3) is 0 Å². The quantitative estimate of drug-likeness (QED) is 0.403. The van der Waals surface area contributed by atoms with E-state index in [1.165, 1.54) is 0 Å². The Kier molecular flexibility index (Phi) is 7.69. The minimum atomic E-state index is -3.89. The molecule has 1 fully saturated rings. The zero-order chi connectivity index (χ0) is 27.7. The second-order valence-electron chi connectivity index (χ2n) is 11.1. The number of pyridine rings is 1. The van der Waals surface area contributed by atoms with E-state index in [9.17, 15) is 8.42 Å². The third-order valence-corrected chi connectivity index (χ3v) is 10.7. The zero-order valence-electron chi connectivity index (χ0n) is 22.9. The Morgan fingerprint density at radius 3 is 2.67 bits per heavy atom. The van der Waals surface area contributed by atoms with E-state index >= 15 is 0 Å². The van der Waals surface area contributed by atoms with E-state index in [2.05, 4.69) is 33.0 Å². The number of piperidine rings is 1. The lowest BCUT2D eigenvalue weighted by Gasteiger charge is -2.46. The van der Waals surface area contributed by atoms with Gasteiger partial charge in [-0.15, -0.1) is 11.8 Å². The van der Waals surface area contributed by atoms with Crippen LogP contribution >= 0.6 is 11.8 Å². The van der Waals surface area contributed by atoms with Crippen molar-refractivity contribution >= 4 is 27.6 Å². The number of fused-ring (bicyclic) bond motifs is 2.